The number of halogens is 2. The van der Waals surface area contributed by atoms with Gasteiger partial charge in [-0.15, -0.1) is 0 Å². The van der Waals surface area contributed by atoms with Crippen molar-refractivity contribution in [2.75, 3.05) is 13.6 Å². The number of hydrogen-bond acceptors (Lipinski definition) is 2. The van der Waals surface area contributed by atoms with Crippen LogP contribution >= 0.6 is 23.2 Å². The summed E-state index contributed by atoms with van der Waals surface area (Å²) in [5.41, 5.74) is 0.814. The van der Waals surface area contributed by atoms with Crippen molar-refractivity contribution in [2.45, 2.75) is 0 Å². The van der Waals surface area contributed by atoms with Crippen LogP contribution in [0.15, 0.2) is 18.5 Å². The van der Waals surface area contributed by atoms with Gasteiger partial charge in [0.15, 0.2) is 0 Å². The average molecular weight is 217 g/mol. The highest BCUT2D eigenvalue weighted by Crippen LogP contribution is 2.23. The van der Waals surface area contributed by atoms with Gasteiger partial charge in [-0.1, -0.05) is 35.4 Å². The molecule has 2 nitrogen and oxygen atoms in total. The second-order valence-corrected chi connectivity index (χ2v) is 3.29. The van der Waals surface area contributed by atoms with Crippen LogP contribution in [0.5, 0.6) is 0 Å². The Labute approximate surface area is 87.6 Å². The Morgan fingerprint density at radius 1 is 1.38 bits per heavy atom. The fraction of sp³-hybridized carbons (Fsp3) is 0.222. The number of nitrogens with zero attached hydrogens (tertiary/aromatic N) is 1. The Morgan fingerprint density at radius 3 is 2.54 bits per heavy atom. The number of aromatic nitrogens is 1. The van der Waals surface area contributed by atoms with Crippen LogP contribution < -0.4 is 5.32 Å². The van der Waals surface area contributed by atoms with Crippen LogP contribution in [0.1, 0.15) is 5.56 Å². The Kier molecular flexibility index (Phi) is 4.22. The van der Waals surface area contributed by atoms with E-state index in [0.717, 1.165) is 12.1 Å². The molecular weight excluding hydrogens is 207 g/mol. The van der Waals surface area contributed by atoms with Crippen molar-refractivity contribution in [3.63, 3.8) is 0 Å². The van der Waals surface area contributed by atoms with E-state index in [1.165, 1.54) is 0 Å². The lowest BCUT2D eigenvalue weighted by Crippen LogP contribution is -2.03. The van der Waals surface area contributed by atoms with E-state index in [1.54, 1.807) is 12.4 Å². The van der Waals surface area contributed by atoms with Crippen LogP contribution in [0.4, 0.5) is 0 Å². The zero-order valence-electron chi connectivity index (χ0n) is 7.22. The third kappa shape index (κ3) is 2.99. The van der Waals surface area contributed by atoms with E-state index < -0.39 is 0 Å². The minimum atomic E-state index is 0.569. The molecule has 0 unspecified atom stereocenters. The quantitative estimate of drug-likeness (QED) is 0.841. The van der Waals surface area contributed by atoms with Crippen molar-refractivity contribution in [1.82, 2.24) is 10.3 Å². The van der Waals surface area contributed by atoms with E-state index in [9.17, 15) is 0 Å². The van der Waals surface area contributed by atoms with Crippen molar-refractivity contribution >= 4 is 29.3 Å². The van der Waals surface area contributed by atoms with Gasteiger partial charge in [-0.3, -0.25) is 4.98 Å². The molecule has 1 N–H and O–H groups in total. The Morgan fingerprint density at radius 2 is 2.00 bits per heavy atom. The zero-order valence-corrected chi connectivity index (χ0v) is 8.73. The summed E-state index contributed by atoms with van der Waals surface area (Å²) >= 11 is 11.8. The van der Waals surface area contributed by atoms with Gasteiger partial charge in [0, 0.05) is 24.5 Å². The maximum absolute atomic E-state index is 5.89. The van der Waals surface area contributed by atoms with Crippen LogP contribution in [0.2, 0.25) is 10.0 Å². The van der Waals surface area contributed by atoms with E-state index in [1.807, 2.05) is 19.2 Å². The molecule has 0 aliphatic heterocycles. The van der Waals surface area contributed by atoms with Gasteiger partial charge in [0.25, 0.3) is 0 Å². The summed E-state index contributed by atoms with van der Waals surface area (Å²) in [4.78, 5) is 3.86. The van der Waals surface area contributed by atoms with E-state index in [0.29, 0.717) is 10.0 Å². The van der Waals surface area contributed by atoms with Crippen molar-refractivity contribution < 1.29 is 0 Å². The van der Waals surface area contributed by atoms with Crippen molar-refractivity contribution in [3.8, 4) is 0 Å². The van der Waals surface area contributed by atoms with Crippen LogP contribution in [0.25, 0.3) is 6.08 Å². The lowest BCUT2D eigenvalue weighted by Gasteiger charge is -1.99. The first kappa shape index (κ1) is 10.5. The van der Waals surface area contributed by atoms with Gasteiger partial charge in [-0.25, -0.2) is 0 Å². The maximum atomic E-state index is 5.89. The van der Waals surface area contributed by atoms with Gasteiger partial charge in [0.2, 0.25) is 0 Å². The molecule has 70 valence electrons. The lowest BCUT2D eigenvalue weighted by atomic mass is 10.2. The number of rotatable bonds is 3. The fourth-order valence-electron chi connectivity index (χ4n) is 0.875. The summed E-state index contributed by atoms with van der Waals surface area (Å²) in [5.74, 6) is 0. The highest BCUT2D eigenvalue weighted by molar-refractivity contribution is 6.36. The third-order valence-corrected chi connectivity index (χ3v) is 2.10. The van der Waals surface area contributed by atoms with Crippen LogP contribution in [-0.4, -0.2) is 18.6 Å². The van der Waals surface area contributed by atoms with Crippen molar-refractivity contribution in [2.24, 2.45) is 0 Å². The molecule has 1 heterocycles. The van der Waals surface area contributed by atoms with Gasteiger partial charge in [-0.2, -0.15) is 0 Å². The third-order valence-electron chi connectivity index (χ3n) is 1.50. The Hall–Kier alpha value is -0.570. The summed E-state index contributed by atoms with van der Waals surface area (Å²) in [6, 6.07) is 0. The normalized spacial score (nSPS) is 11.0. The van der Waals surface area contributed by atoms with Crippen molar-refractivity contribution in [1.29, 1.82) is 0 Å². The Bertz CT molecular complexity index is 290. The molecule has 1 aromatic heterocycles. The first-order chi connectivity index (χ1) is 6.25. The summed E-state index contributed by atoms with van der Waals surface area (Å²) in [6.07, 6.45) is 6.98. The number of hydrogen-bond donors (Lipinski definition) is 1. The monoisotopic (exact) mass is 216 g/mol. The zero-order chi connectivity index (χ0) is 9.68. The van der Waals surface area contributed by atoms with E-state index in [-0.39, 0.29) is 0 Å². The summed E-state index contributed by atoms with van der Waals surface area (Å²) in [6.45, 7) is 0.787. The average Bonchev–Trinajstić information content (AvgIpc) is 2.10. The molecule has 1 aromatic rings. The minimum Gasteiger partial charge on any atom is -0.316 e. The fourth-order valence-corrected chi connectivity index (χ4v) is 1.37. The predicted molar refractivity (Wildman–Crippen MR) is 57.2 cm³/mol. The van der Waals surface area contributed by atoms with Crippen molar-refractivity contribution in [3.05, 3.63) is 34.1 Å². The molecule has 13 heavy (non-hydrogen) atoms. The topological polar surface area (TPSA) is 24.9 Å². The first-order valence-electron chi connectivity index (χ1n) is 3.86. The largest absolute Gasteiger partial charge is 0.316 e. The Balaban J connectivity index is 2.87. The van der Waals surface area contributed by atoms with Gasteiger partial charge >= 0.3 is 0 Å². The smallest absolute Gasteiger partial charge is 0.0676 e. The summed E-state index contributed by atoms with van der Waals surface area (Å²) < 4.78 is 0. The highest BCUT2D eigenvalue weighted by atomic mass is 35.5. The van der Waals surface area contributed by atoms with Gasteiger partial charge < -0.3 is 5.32 Å². The van der Waals surface area contributed by atoms with Crippen LogP contribution in [0.3, 0.4) is 0 Å². The molecule has 0 fully saturated rings. The standard InChI is InChI=1S/C9H10Cl2N2/c1-12-4-2-3-7-8(10)5-13-6-9(7)11/h2-3,5-6,12H,4H2,1H3. The molecular formula is C9H10Cl2N2. The molecule has 0 aliphatic carbocycles. The predicted octanol–water partition coefficient (Wildman–Crippen LogP) is 2.62. The molecule has 0 saturated heterocycles. The highest BCUT2D eigenvalue weighted by Gasteiger charge is 2.00. The molecule has 0 saturated carbocycles. The molecule has 0 atom stereocenters. The summed E-state index contributed by atoms with van der Waals surface area (Å²) in [7, 11) is 1.88. The van der Waals surface area contributed by atoms with Gasteiger partial charge in [0.1, 0.15) is 0 Å². The number of nitrogens with one attached hydrogen (secondary N) is 1. The number of pyridine rings is 1. The molecule has 0 spiro atoms. The molecule has 0 bridgehead atoms. The molecule has 0 aromatic carbocycles. The minimum absolute atomic E-state index is 0.569. The maximum Gasteiger partial charge on any atom is 0.0676 e. The second kappa shape index (κ2) is 5.22. The van der Waals surface area contributed by atoms with Gasteiger partial charge in [0.05, 0.1) is 10.0 Å². The summed E-state index contributed by atoms with van der Waals surface area (Å²) in [5, 5.41) is 4.13. The number of likely N-dealkylation sites (N-methyl/N-ethyl adjacent to an activating group) is 1. The molecule has 0 aliphatic rings. The molecule has 4 heteroatoms. The van der Waals surface area contributed by atoms with Crippen LogP contribution in [0, 0.1) is 0 Å². The van der Waals surface area contributed by atoms with Gasteiger partial charge in [-0.05, 0) is 7.05 Å². The first-order valence-corrected chi connectivity index (χ1v) is 4.61. The molecule has 1 rings (SSSR count). The molecule has 0 amide bonds. The van der Waals surface area contributed by atoms with Crippen LogP contribution in [-0.2, 0) is 0 Å². The SMILES string of the molecule is CNCC=Cc1c(Cl)cncc1Cl. The second-order valence-electron chi connectivity index (χ2n) is 2.48. The lowest BCUT2D eigenvalue weighted by molar-refractivity contribution is 0.922. The van der Waals surface area contributed by atoms with E-state index >= 15 is 0 Å². The van der Waals surface area contributed by atoms with E-state index in [4.69, 9.17) is 23.2 Å². The van der Waals surface area contributed by atoms with E-state index in [2.05, 4.69) is 10.3 Å². The molecule has 0 radical (unpaired) electrons.